The summed E-state index contributed by atoms with van der Waals surface area (Å²) in [5, 5.41) is 12.4. The molecule has 1 amide bonds. The molecule has 0 aliphatic carbocycles. The number of fused-ring (bicyclic) bond motifs is 1. The zero-order valence-electron chi connectivity index (χ0n) is 16.6. The second-order valence-electron chi connectivity index (χ2n) is 7.13. The van der Waals surface area contributed by atoms with Crippen molar-refractivity contribution in [2.75, 3.05) is 5.32 Å². The Bertz CT molecular complexity index is 1400. The lowest BCUT2D eigenvalue weighted by molar-refractivity contribution is 0.102. The van der Waals surface area contributed by atoms with Crippen molar-refractivity contribution in [1.29, 1.82) is 0 Å². The molecular weight excluding hydrogens is 456 g/mol. The number of rotatable bonds is 4. The Morgan fingerprint density at radius 3 is 2.50 bits per heavy atom. The first-order valence-electron chi connectivity index (χ1n) is 9.51. The standard InChI is InChI=1S/C23H16Cl2FN3O3/c1-12(13-4-2-5-15(26)8-13)29-11-27-18-6-3-7-19(20(18)23(29)32)28-22(31)14-9-16(24)21(30)17(25)10-14/h2-12,30H,1H3,(H,28,31)/t12-/m0/s1. The van der Waals surface area contributed by atoms with Crippen LogP contribution in [0.1, 0.15) is 28.9 Å². The number of carbonyl (C=O) groups excluding carboxylic acids is 1. The van der Waals surface area contributed by atoms with E-state index in [1.54, 1.807) is 37.3 Å². The smallest absolute Gasteiger partial charge is 0.263 e. The predicted octanol–water partition coefficient (Wildman–Crippen LogP) is 5.41. The molecule has 4 rings (SSSR count). The van der Waals surface area contributed by atoms with Crippen molar-refractivity contribution in [1.82, 2.24) is 9.55 Å². The second kappa shape index (κ2) is 8.61. The number of halogens is 3. The summed E-state index contributed by atoms with van der Waals surface area (Å²) in [6, 6.07) is 12.9. The summed E-state index contributed by atoms with van der Waals surface area (Å²) < 4.78 is 15.0. The number of phenols is 1. The molecule has 2 N–H and O–H groups in total. The molecule has 0 spiro atoms. The summed E-state index contributed by atoms with van der Waals surface area (Å²) in [5.41, 5.74) is 0.933. The van der Waals surface area contributed by atoms with Crippen molar-refractivity contribution in [3.8, 4) is 5.75 Å². The van der Waals surface area contributed by atoms with E-state index in [4.69, 9.17) is 23.2 Å². The molecule has 1 aromatic heterocycles. The van der Waals surface area contributed by atoms with Gasteiger partial charge in [0.2, 0.25) is 0 Å². The van der Waals surface area contributed by atoms with Gasteiger partial charge in [-0.25, -0.2) is 9.37 Å². The van der Waals surface area contributed by atoms with Crippen molar-refractivity contribution >= 4 is 45.7 Å². The van der Waals surface area contributed by atoms with Gasteiger partial charge in [-0.1, -0.05) is 41.4 Å². The van der Waals surface area contributed by atoms with Gasteiger partial charge in [-0.2, -0.15) is 0 Å². The minimum Gasteiger partial charge on any atom is -0.505 e. The van der Waals surface area contributed by atoms with E-state index >= 15 is 0 Å². The highest BCUT2D eigenvalue weighted by Crippen LogP contribution is 2.33. The van der Waals surface area contributed by atoms with E-state index in [0.29, 0.717) is 11.1 Å². The number of aromatic nitrogens is 2. The lowest BCUT2D eigenvalue weighted by atomic mass is 10.1. The number of phenolic OH excluding ortho intramolecular Hbond substituents is 1. The summed E-state index contributed by atoms with van der Waals surface area (Å²) in [6.45, 7) is 1.76. The van der Waals surface area contributed by atoms with Crippen LogP contribution in [0.25, 0.3) is 10.9 Å². The van der Waals surface area contributed by atoms with Crippen molar-refractivity contribution < 1.29 is 14.3 Å². The summed E-state index contributed by atoms with van der Waals surface area (Å²) >= 11 is 11.8. The Kier molecular flexibility index (Phi) is 5.86. The van der Waals surface area contributed by atoms with E-state index in [2.05, 4.69) is 10.3 Å². The van der Waals surface area contributed by atoms with Crippen LogP contribution >= 0.6 is 23.2 Å². The fourth-order valence-corrected chi connectivity index (χ4v) is 3.86. The lowest BCUT2D eigenvalue weighted by Gasteiger charge is -2.17. The normalized spacial score (nSPS) is 12.0. The maximum absolute atomic E-state index is 13.7. The van der Waals surface area contributed by atoms with E-state index in [1.807, 2.05) is 0 Å². The van der Waals surface area contributed by atoms with E-state index < -0.39 is 23.3 Å². The van der Waals surface area contributed by atoms with Crippen molar-refractivity contribution in [2.24, 2.45) is 0 Å². The highest BCUT2D eigenvalue weighted by molar-refractivity contribution is 6.37. The molecular formula is C23H16Cl2FN3O3. The quantitative estimate of drug-likeness (QED) is 0.416. The molecule has 0 saturated heterocycles. The molecule has 0 aliphatic rings. The van der Waals surface area contributed by atoms with Crippen LogP contribution in [0.3, 0.4) is 0 Å². The van der Waals surface area contributed by atoms with Gasteiger partial charge in [-0.3, -0.25) is 14.2 Å². The summed E-state index contributed by atoms with van der Waals surface area (Å²) in [4.78, 5) is 30.4. The fraction of sp³-hybridized carbons (Fsp3) is 0.0870. The minimum atomic E-state index is -0.575. The number of anilines is 1. The Hall–Kier alpha value is -3.42. The molecule has 0 saturated carbocycles. The number of carbonyl (C=O) groups is 1. The molecule has 1 atom stereocenters. The second-order valence-corrected chi connectivity index (χ2v) is 7.94. The molecule has 0 unspecified atom stereocenters. The van der Waals surface area contributed by atoms with E-state index in [9.17, 15) is 19.1 Å². The molecule has 0 bridgehead atoms. The molecule has 9 heteroatoms. The number of aromatic hydroxyl groups is 1. The molecule has 6 nitrogen and oxygen atoms in total. The number of benzene rings is 3. The van der Waals surface area contributed by atoms with Gasteiger partial charge >= 0.3 is 0 Å². The molecule has 0 fully saturated rings. The van der Waals surface area contributed by atoms with Gasteiger partial charge in [0.05, 0.1) is 39.0 Å². The third kappa shape index (κ3) is 4.04. The van der Waals surface area contributed by atoms with Gasteiger partial charge in [0.1, 0.15) is 5.82 Å². The molecule has 3 aromatic carbocycles. The number of amides is 1. The van der Waals surface area contributed by atoms with E-state index in [0.717, 1.165) is 0 Å². The van der Waals surface area contributed by atoms with Crippen LogP contribution in [-0.4, -0.2) is 20.6 Å². The van der Waals surface area contributed by atoms with Crippen LogP contribution in [0.15, 0.2) is 65.7 Å². The Morgan fingerprint density at radius 2 is 1.81 bits per heavy atom. The van der Waals surface area contributed by atoms with Crippen molar-refractivity contribution in [2.45, 2.75) is 13.0 Å². The SMILES string of the molecule is C[C@@H](c1cccc(F)c1)n1cnc2cccc(NC(=O)c3cc(Cl)c(O)c(Cl)c3)c2c1=O. The zero-order valence-corrected chi connectivity index (χ0v) is 18.2. The van der Waals surface area contributed by atoms with Gasteiger partial charge in [0, 0.05) is 5.56 Å². The first-order valence-corrected chi connectivity index (χ1v) is 10.3. The third-order valence-electron chi connectivity index (χ3n) is 5.09. The monoisotopic (exact) mass is 471 g/mol. The Morgan fingerprint density at radius 1 is 1.12 bits per heavy atom. The van der Waals surface area contributed by atoms with Crippen LogP contribution in [0.5, 0.6) is 5.75 Å². The summed E-state index contributed by atoms with van der Waals surface area (Å²) in [6.07, 6.45) is 1.39. The van der Waals surface area contributed by atoms with Gasteiger partial charge in [0.15, 0.2) is 5.75 Å². The topological polar surface area (TPSA) is 84.2 Å². The molecule has 32 heavy (non-hydrogen) atoms. The largest absolute Gasteiger partial charge is 0.505 e. The number of hydrogen-bond donors (Lipinski definition) is 2. The van der Waals surface area contributed by atoms with Crippen molar-refractivity contribution in [3.63, 3.8) is 0 Å². The lowest BCUT2D eigenvalue weighted by Crippen LogP contribution is -2.25. The van der Waals surface area contributed by atoms with Gasteiger partial charge in [0.25, 0.3) is 11.5 Å². The molecule has 1 heterocycles. The number of hydrogen-bond acceptors (Lipinski definition) is 4. The number of nitrogens with zero attached hydrogens (tertiary/aromatic N) is 2. The first-order chi connectivity index (χ1) is 15.3. The average molecular weight is 472 g/mol. The maximum Gasteiger partial charge on any atom is 0.263 e. The maximum atomic E-state index is 13.7. The van der Waals surface area contributed by atoms with Crippen LogP contribution in [0.4, 0.5) is 10.1 Å². The highest BCUT2D eigenvalue weighted by Gasteiger charge is 2.18. The molecule has 4 aromatic rings. The molecule has 0 aliphatic heterocycles. The first kappa shape index (κ1) is 21.8. The summed E-state index contributed by atoms with van der Waals surface area (Å²) in [5.74, 6) is -1.31. The minimum absolute atomic E-state index is 0.0755. The van der Waals surface area contributed by atoms with E-state index in [-0.39, 0.29) is 32.4 Å². The fourth-order valence-electron chi connectivity index (χ4n) is 3.38. The highest BCUT2D eigenvalue weighted by atomic mass is 35.5. The average Bonchev–Trinajstić information content (AvgIpc) is 2.77. The molecule has 0 radical (unpaired) electrons. The Labute approximate surface area is 191 Å². The van der Waals surface area contributed by atoms with Gasteiger partial charge in [-0.15, -0.1) is 0 Å². The number of nitrogens with one attached hydrogen (secondary N) is 1. The summed E-state index contributed by atoms with van der Waals surface area (Å²) in [7, 11) is 0. The Balaban J connectivity index is 1.77. The van der Waals surface area contributed by atoms with E-state index in [1.165, 1.54) is 35.2 Å². The van der Waals surface area contributed by atoms with Crippen LogP contribution in [0, 0.1) is 5.82 Å². The predicted molar refractivity (Wildman–Crippen MR) is 122 cm³/mol. The zero-order chi connectivity index (χ0) is 23.0. The molecule has 162 valence electrons. The van der Waals surface area contributed by atoms with Crippen LogP contribution in [0.2, 0.25) is 10.0 Å². The van der Waals surface area contributed by atoms with Crippen LogP contribution < -0.4 is 10.9 Å². The van der Waals surface area contributed by atoms with Gasteiger partial charge in [-0.05, 0) is 48.9 Å². The van der Waals surface area contributed by atoms with Crippen molar-refractivity contribution in [3.05, 3.63) is 98.3 Å². The van der Waals surface area contributed by atoms with Crippen LogP contribution in [-0.2, 0) is 0 Å². The van der Waals surface area contributed by atoms with Gasteiger partial charge < -0.3 is 10.4 Å². The third-order valence-corrected chi connectivity index (χ3v) is 5.66.